The molecule has 0 aliphatic heterocycles. The van der Waals surface area contributed by atoms with Gasteiger partial charge >= 0.3 is 6.09 Å². The predicted molar refractivity (Wildman–Crippen MR) is 87.8 cm³/mol. The lowest BCUT2D eigenvalue weighted by Crippen LogP contribution is -2.44. The largest absolute Gasteiger partial charge is 0.508 e. The van der Waals surface area contributed by atoms with Crippen molar-refractivity contribution in [1.82, 2.24) is 10.2 Å². The Bertz CT molecular complexity index is 527. The number of ether oxygens (including phenoxy) is 1. The van der Waals surface area contributed by atoms with E-state index in [1.54, 1.807) is 4.90 Å². The van der Waals surface area contributed by atoms with E-state index in [0.717, 1.165) is 0 Å². The van der Waals surface area contributed by atoms with Crippen molar-refractivity contribution in [2.45, 2.75) is 52.8 Å². The summed E-state index contributed by atoms with van der Waals surface area (Å²) in [7, 11) is 0. The van der Waals surface area contributed by atoms with Crippen LogP contribution in [0.15, 0.2) is 18.2 Å². The van der Waals surface area contributed by atoms with E-state index < -0.39 is 11.4 Å². The summed E-state index contributed by atoms with van der Waals surface area (Å²) in [6.07, 6.45) is -0.358. The van der Waals surface area contributed by atoms with Crippen LogP contribution in [0.4, 0.5) is 9.18 Å². The summed E-state index contributed by atoms with van der Waals surface area (Å²) in [5, 5.41) is 12.8. The molecule has 5 nitrogen and oxygen atoms in total. The minimum absolute atomic E-state index is 0.00854. The molecule has 0 aliphatic rings. The fourth-order valence-corrected chi connectivity index (χ4v) is 2.00. The lowest BCUT2D eigenvalue weighted by Gasteiger charge is -2.30. The number of rotatable bonds is 6. The van der Waals surface area contributed by atoms with Gasteiger partial charge in [-0.25, -0.2) is 9.18 Å². The number of benzene rings is 1. The number of halogens is 1. The summed E-state index contributed by atoms with van der Waals surface area (Å²) in [5.41, 5.74) is -0.0521. The Kier molecular flexibility index (Phi) is 6.81. The van der Waals surface area contributed by atoms with Crippen molar-refractivity contribution in [1.29, 1.82) is 0 Å². The van der Waals surface area contributed by atoms with E-state index in [2.05, 4.69) is 5.32 Å². The van der Waals surface area contributed by atoms with E-state index in [1.807, 2.05) is 34.6 Å². The Morgan fingerprint density at radius 3 is 2.61 bits per heavy atom. The second-order valence-electron chi connectivity index (χ2n) is 6.72. The number of carbonyl (C=O) groups is 1. The van der Waals surface area contributed by atoms with Gasteiger partial charge in [0.1, 0.15) is 17.2 Å². The minimum Gasteiger partial charge on any atom is -0.508 e. The number of nitrogens with one attached hydrogen (secondary N) is 1. The van der Waals surface area contributed by atoms with Crippen LogP contribution in [0.1, 0.15) is 40.2 Å². The second-order valence-corrected chi connectivity index (χ2v) is 6.72. The molecule has 1 aromatic rings. The molecule has 0 radical (unpaired) electrons. The maximum atomic E-state index is 13.1. The van der Waals surface area contributed by atoms with Gasteiger partial charge in [-0.15, -0.1) is 0 Å². The molecule has 0 aliphatic carbocycles. The molecule has 6 heteroatoms. The maximum absolute atomic E-state index is 13.1. The van der Waals surface area contributed by atoms with Crippen LogP contribution < -0.4 is 5.32 Å². The molecular weight excluding hydrogens is 299 g/mol. The highest BCUT2D eigenvalue weighted by Gasteiger charge is 2.23. The molecule has 0 fully saturated rings. The number of nitrogens with zero attached hydrogens (tertiary/aromatic N) is 1. The molecule has 0 saturated carbocycles. The summed E-state index contributed by atoms with van der Waals surface area (Å²) >= 11 is 0. The van der Waals surface area contributed by atoms with E-state index in [1.165, 1.54) is 18.2 Å². The van der Waals surface area contributed by atoms with Crippen molar-refractivity contribution in [2.75, 3.05) is 13.1 Å². The van der Waals surface area contributed by atoms with Crippen molar-refractivity contribution in [3.63, 3.8) is 0 Å². The van der Waals surface area contributed by atoms with E-state index in [9.17, 15) is 14.3 Å². The van der Waals surface area contributed by atoms with E-state index in [0.29, 0.717) is 25.2 Å². The highest BCUT2D eigenvalue weighted by Crippen LogP contribution is 2.17. The standard InChI is InChI=1S/C17H27FN2O3/c1-12(2)20(16(22)23-17(3,4)5)9-8-19-11-13-10-14(18)6-7-15(13)21/h6-7,10,12,19,21H,8-9,11H2,1-5H3. The third-order valence-corrected chi connectivity index (χ3v) is 3.14. The Labute approximate surface area is 137 Å². The van der Waals surface area contributed by atoms with Gasteiger partial charge in [0.05, 0.1) is 0 Å². The van der Waals surface area contributed by atoms with E-state index >= 15 is 0 Å². The van der Waals surface area contributed by atoms with Gasteiger partial charge in [-0.05, 0) is 52.8 Å². The maximum Gasteiger partial charge on any atom is 0.410 e. The van der Waals surface area contributed by atoms with Crippen molar-refractivity contribution >= 4 is 6.09 Å². The topological polar surface area (TPSA) is 61.8 Å². The van der Waals surface area contributed by atoms with Crippen molar-refractivity contribution in [3.8, 4) is 5.75 Å². The van der Waals surface area contributed by atoms with Crippen LogP contribution in [0.3, 0.4) is 0 Å². The van der Waals surface area contributed by atoms with Crippen LogP contribution in [0.25, 0.3) is 0 Å². The summed E-state index contributed by atoms with van der Waals surface area (Å²) in [5.74, 6) is -0.344. The zero-order chi connectivity index (χ0) is 17.6. The van der Waals surface area contributed by atoms with Crippen LogP contribution in [0, 0.1) is 5.82 Å². The molecule has 0 aromatic heterocycles. The van der Waals surface area contributed by atoms with Crippen LogP contribution >= 0.6 is 0 Å². The number of hydrogen-bond donors (Lipinski definition) is 2. The lowest BCUT2D eigenvalue weighted by atomic mass is 10.2. The minimum atomic E-state index is -0.537. The molecule has 1 amide bonds. The van der Waals surface area contributed by atoms with Crippen LogP contribution in [-0.4, -0.2) is 40.8 Å². The van der Waals surface area contributed by atoms with Gasteiger partial charge in [-0.2, -0.15) is 0 Å². The summed E-state index contributed by atoms with van der Waals surface area (Å²) < 4.78 is 18.5. The number of amides is 1. The first kappa shape index (κ1) is 19.2. The van der Waals surface area contributed by atoms with Crippen LogP contribution in [-0.2, 0) is 11.3 Å². The van der Waals surface area contributed by atoms with Crippen molar-refractivity contribution < 1.29 is 19.0 Å². The molecule has 0 heterocycles. The molecule has 0 bridgehead atoms. The van der Waals surface area contributed by atoms with Crippen molar-refractivity contribution in [2.24, 2.45) is 0 Å². The van der Waals surface area contributed by atoms with E-state index in [-0.39, 0.29) is 17.9 Å². The molecule has 23 heavy (non-hydrogen) atoms. The zero-order valence-electron chi connectivity index (χ0n) is 14.5. The van der Waals surface area contributed by atoms with Crippen LogP contribution in [0.5, 0.6) is 5.75 Å². The Hall–Kier alpha value is -1.82. The summed E-state index contributed by atoms with van der Waals surface area (Å²) in [4.78, 5) is 13.8. The molecule has 1 aromatic carbocycles. The van der Waals surface area contributed by atoms with Gasteiger partial charge in [-0.3, -0.25) is 0 Å². The fraction of sp³-hybridized carbons (Fsp3) is 0.588. The molecule has 0 saturated heterocycles. The molecule has 0 unspecified atom stereocenters. The van der Waals surface area contributed by atoms with Gasteiger partial charge in [0, 0.05) is 31.2 Å². The summed E-state index contributed by atoms with van der Waals surface area (Å²) in [6, 6.07) is 3.83. The van der Waals surface area contributed by atoms with Gasteiger partial charge in [-0.1, -0.05) is 0 Å². The monoisotopic (exact) mass is 326 g/mol. The third kappa shape index (κ3) is 6.86. The molecule has 0 atom stereocenters. The quantitative estimate of drug-likeness (QED) is 0.788. The Morgan fingerprint density at radius 1 is 1.39 bits per heavy atom. The van der Waals surface area contributed by atoms with Crippen LogP contribution in [0.2, 0.25) is 0 Å². The molecular formula is C17H27FN2O3. The SMILES string of the molecule is CC(C)N(CCNCc1cc(F)ccc1O)C(=O)OC(C)(C)C. The molecule has 130 valence electrons. The Balaban J connectivity index is 2.50. The summed E-state index contributed by atoms with van der Waals surface area (Å²) in [6.45, 7) is 10.6. The average Bonchev–Trinajstić information content (AvgIpc) is 2.39. The molecule has 1 rings (SSSR count). The van der Waals surface area contributed by atoms with E-state index in [4.69, 9.17) is 4.74 Å². The number of phenolic OH excluding ortho intramolecular Hbond substituents is 1. The predicted octanol–water partition coefficient (Wildman–Crippen LogP) is 3.27. The number of phenols is 1. The average molecular weight is 326 g/mol. The van der Waals surface area contributed by atoms with Crippen molar-refractivity contribution in [3.05, 3.63) is 29.6 Å². The smallest absolute Gasteiger partial charge is 0.410 e. The molecule has 2 N–H and O–H groups in total. The van der Waals surface area contributed by atoms with Gasteiger partial charge in [0.15, 0.2) is 0 Å². The van der Waals surface area contributed by atoms with Gasteiger partial charge in [0.25, 0.3) is 0 Å². The highest BCUT2D eigenvalue weighted by atomic mass is 19.1. The zero-order valence-corrected chi connectivity index (χ0v) is 14.5. The number of hydrogen-bond acceptors (Lipinski definition) is 4. The molecule has 0 spiro atoms. The first-order valence-corrected chi connectivity index (χ1v) is 7.78. The first-order valence-electron chi connectivity index (χ1n) is 7.78. The number of carbonyl (C=O) groups excluding carboxylic acids is 1. The Morgan fingerprint density at radius 2 is 2.04 bits per heavy atom. The lowest BCUT2D eigenvalue weighted by molar-refractivity contribution is 0.0193. The van der Waals surface area contributed by atoms with Gasteiger partial charge in [0.2, 0.25) is 0 Å². The number of aromatic hydroxyl groups is 1. The normalized spacial score (nSPS) is 11.6. The third-order valence-electron chi connectivity index (χ3n) is 3.14. The first-order chi connectivity index (χ1) is 10.6. The van der Waals surface area contributed by atoms with Gasteiger partial charge < -0.3 is 20.1 Å². The second kappa shape index (κ2) is 8.15. The fourth-order valence-electron chi connectivity index (χ4n) is 2.00. The highest BCUT2D eigenvalue weighted by molar-refractivity contribution is 5.68.